The van der Waals surface area contributed by atoms with E-state index in [1.54, 1.807) is 12.1 Å². The fourth-order valence-corrected chi connectivity index (χ4v) is 5.13. The van der Waals surface area contributed by atoms with Gasteiger partial charge in [0.1, 0.15) is 11.6 Å². The van der Waals surface area contributed by atoms with Crippen molar-refractivity contribution in [3.8, 4) is 5.75 Å². The molecule has 0 saturated carbocycles. The summed E-state index contributed by atoms with van der Waals surface area (Å²) in [6.45, 7) is 6.64. The maximum absolute atomic E-state index is 13.5. The Morgan fingerprint density at radius 2 is 1.69 bits per heavy atom. The first-order valence-electron chi connectivity index (χ1n) is 11.4. The van der Waals surface area contributed by atoms with Crippen molar-refractivity contribution in [2.75, 3.05) is 11.9 Å². The quantitative estimate of drug-likeness (QED) is 0.329. The third-order valence-electron chi connectivity index (χ3n) is 5.76. The fraction of sp³-hybridized carbons (Fsp3) is 0.192. The number of rotatable bonds is 7. The van der Waals surface area contributed by atoms with Crippen LogP contribution in [0.15, 0.2) is 82.7 Å². The van der Waals surface area contributed by atoms with Crippen LogP contribution < -0.4 is 10.1 Å². The second-order valence-electron chi connectivity index (χ2n) is 8.42. The largest absolute Gasteiger partial charge is 0.494 e. The van der Waals surface area contributed by atoms with Crippen molar-refractivity contribution in [2.24, 2.45) is 0 Å². The van der Waals surface area contributed by atoms with Gasteiger partial charge in [0.05, 0.1) is 17.0 Å². The van der Waals surface area contributed by atoms with Crippen molar-refractivity contribution in [1.29, 1.82) is 0 Å². The molecule has 0 fully saturated rings. The van der Waals surface area contributed by atoms with E-state index >= 15 is 0 Å². The van der Waals surface area contributed by atoms with E-state index in [9.17, 15) is 8.42 Å². The number of aromatic nitrogens is 4. The molecule has 1 N–H and O–H groups in total. The lowest BCUT2D eigenvalue weighted by molar-refractivity contribution is 0.340. The maximum atomic E-state index is 13.5. The van der Waals surface area contributed by atoms with Crippen LogP contribution in [0.25, 0.3) is 16.6 Å². The molecule has 178 valence electrons. The minimum absolute atomic E-state index is 0.153. The average molecular weight is 488 g/mol. The van der Waals surface area contributed by atoms with Gasteiger partial charge in [-0.05, 0) is 66.9 Å². The van der Waals surface area contributed by atoms with E-state index in [2.05, 4.69) is 34.5 Å². The number of para-hydroxylation sites is 1. The number of ether oxygens (including phenoxy) is 1. The van der Waals surface area contributed by atoms with Crippen LogP contribution in [0.1, 0.15) is 32.3 Å². The lowest BCUT2D eigenvalue weighted by Gasteiger charge is -2.11. The minimum atomic E-state index is -3.94. The molecule has 8 nitrogen and oxygen atoms in total. The Bertz CT molecular complexity index is 1610. The zero-order valence-corrected chi connectivity index (χ0v) is 20.5. The highest BCUT2D eigenvalue weighted by Crippen LogP contribution is 2.30. The van der Waals surface area contributed by atoms with E-state index in [4.69, 9.17) is 4.74 Å². The van der Waals surface area contributed by atoms with Gasteiger partial charge in [-0.25, -0.2) is 13.4 Å². The highest BCUT2D eigenvalue weighted by molar-refractivity contribution is 7.91. The van der Waals surface area contributed by atoms with Crippen molar-refractivity contribution in [1.82, 2.24) is 19.8 Å². The predicted octanol–water partition coefficient (Wildman–Crippen LogP) is 5.38. The average Bonchev–Trinajstić information content (AvgIpc) is 3.30. The van der Waals surface area contributed by atoms with Gasteiger partial charge in [0, 0.05) is 11.1 Å². The summed E-state index contributed by atoms with van der Waals surface area (Å²) in [5.41, 5.74) is 2.69. The Morgan fingerprint density at radius 3 is 2.37 bits per heavy atom. The van der Waals surface area contributed by atoms with Gasteiger partial charge in [0.25, 0.3) is 0 Å². The molecule has 0 radical (unpaired) electrons. The molecular formula is C26H25N5O3S. The number of nitrogens with zero attached hydrogens (tertiary/aromatic N) is 4. The lowest BCUT2D eigenvalue weighted by Crippen LogP contribution is -2.06. The van der Waals surface area contributed by atoms with E-state index < -0.39 is 9.84 Å². The fourth-order valence-electron chi connectivity index (χ4n) is 3.90. The monoisotopic (exact) mass is 487 g/mol. The number of fused-ring (bicyclic) bond motifs is 3. The van der Waals surface area contributed by atoms with Gasteiger partial charge in [-0.1, -0.05) is 43.3 Å². The molecule has 2 aromatic heterocycles. The molecule has 0 saturated heterocycles. The first-order valence-corrected chi connectivity index (χ1v) is 12.9. The summed E-state index contributed by atoms with van der Waals surface area (Å²) in [7, 11) is -3.94. The topological polar surface area (TPSA) is 98.5 Å². The Labute approximate surface area is 203 Å². The number of hydrogen-bond donors (Lipinski definition) is 1. The van der Waals surface area contributed by atoms with Gasteiger partial charge >= 0.3 is 0 Å². The molecule has 0 aliphatic heterocycles. The number of hydrogen-bond acceptors (Lipinski definition) is 7. The molecule has 0 aliphatic carbocycles. The van der Waals surface area contributed by atoms with Crippen molar-refractivity contribution in [3.05, 3.63) is 78.4 Å². The third-order valence-corrected chi connectivity index (χ3v) is 7.43. The van der Waals surface area contributed by atoms with Crippen LogP contribution in [-0.4, -0.2) is 34.8 Å². The van der Waals surface area contributed by atoms with E-state index in [0.29, 0.717) is 23.9 Å². The molecule has 5 rings (SSSR count). The summed E-state index contributed by atoms with van der Waals surface area (Å²) < 4.78 is 34.0. The first-order chi connectivity index (χ1) is 16.9. The van der Waals surface area contributed by atoms with E-state index in [1.807, 2.05) is 67.6 Å². The molecule has 3 aromatic carbocycles. The Kier molecular flexibility index (Phi) is 5.86. The Morgan fingerprint density at radius 1 is 0.971 bits per heavy atom. The van der Waals surface area contributed by atoms with Crippen molar-refractivity contribution in [2.45, 2.75) is 36.6 Å². The van der Waals surface area contributed by atoms with Crippen molar-refractivity contribution >= 4 is 37.9 Å². The van der Waals surface area contributed by atoms with Gasteiger partial charge in [0.2, 0.25) is 14.9 Å². The summed E-state index contributed by atoms with van der Waals surface area (Å²) in [5, 5.41) is 12.1. The molecule has 9 heteroatoms. The van der Waals surface area contributed by atoms with Crippen LogP contribution in [0.3, 0.4) is 0 Å². The smallest absolute Gasteiger partial charge is 0.229 e. The molecule has 0 atom stereocenters. The van der Waals surface area contributed by atoms with E-state index in [-0.39, 0.29) is 15.6 Å². The maximum Gasteiger partial charge on any atom is 0.229 e. The van der Waals surface area contributed by atoms with E-state index in [0.717, 1.165) is 22.4 Å². The van der Waals surface area contributed by atoms with Crippen LogP contribution in [0.5, 0.6) is 5.75 Å². The second kappa shape index (κ2) is 8.99. The van der Waals surface area contributed by atoms with Gasteiger partial charge < -0.3 is 10.1 Å². The highest BCUT2D eigenvalue weighted by atomic mass is 32.2. The number of nitrogens with one attached hydrogen (secondary N) is 1. The highest BCUT2D eigenvalue weighted by Gasteiger charge is 2.27. The van der Waals surface area contributed by atoms with Crippen LogP contribution in [0.4, 0.5) is 11.5 Å². The Balaban J connectivity index is 1.62. The minimum Gasteiger partial charge on any atom is -0.494 e. The van der Waals surface area contributed by atoms with Crippen LogP contribution in [0, 0.1) is 0 Å². The third kappa shape index (κ3) is 4.19. The van der Waals surface area contributed by atoms with Crippen molar-refractivity contribution in [3.63, 3.8) is 0 Å². The zero-order chi connectivity index (χ0) is 24.6. The predicted molar refractivity (Wildman–Crippen MR) is 135 cm³/mol. The summed E-state index contributed by atoms with van der Waals surface area (Å²) >= 11 is 0. The standard InChI is InChI=1S/C26H25N5O3S/c1-4-34-20-13-11-19(12-14-20)27-24-22-7-5-6-8-23(22)31-25(28-24)26(29-30-31)35(32,33)21-15-9-18(10-16-21)17(2)3/h5-17H,4H2,1-3H3,(H,27,28). The van der Waals surface area contributed by atoms with Crippen LogP contribution in [0.2, 0.25) is 0 Å². The van der Waals surface area contributed by atoms with E-state index in [1.165, 1.54) is 4.52 Å². The van der Waals surface area contributed by atoms with Gasteiger partial charge in [0.15, 0.2) is 5.65 Å². The van der Waals surface area contributed by atoms with Gasteiger partial charge in [-0.2, -0.15) is 4.52 Å². The summed E-state index contributed by atoms with van der Waals surface area (Å²) in [4.78, 5) is 4.82. The summed E-state index contributed by atoms with van der Waals surface area (Å²) in [5.74, 6) is 1.57. The molecule has 0 aliphatic rings. The molecule has 0 unspecified atom stereocenters. The van der Waals surface area contributed by atoms with Crippen LogP contribution >= 0.6 is 0 Å². The normalized spacial score (nSPS) is 11.9. The molecule has 35 heavy (non-hydrogen) atoms. The van der Waals surface area contributed by atoms with Gasteiger partial charge in [-0.3, -0.25) is 0 Å². The lowest BCUT2D eigenvalue weighted by atomic mass is 10.0. The number of anilines is 2. The van der Waals surface area contributed by atoms with Crippen LogP contribution in [-0.2, 0) is 9.84 Å². The first kappa shape index (κ1) is 22.8. The van der Waals surface area contributed by atoms with Gasteiger partial charge in [-0.15, -0.1) is 5.10 Å². The second-order valence-corrected chi connectivity index (χ2v) is 10.3. The molecule has 0 bridgehead atoms. The molecule has 0 spiro atoms. The molecule has 2 heterocycles. The molecule has 0 amide bonds. The Hall–Kier alpha value is -3.98. The summed E-state index contributed by atoms with van der Waals surface area (Å²) in [6.07, 6.45) is 0. The summed E-state index contributed by atoms with van der Waals surface area (Å²) in [6, 6.07) is 21.9. The van der Waals surface area contributed by atoms with Crippen molar-refractivity contribution < 1.29 is 13.2 Å². The SMILES string of the molecule is CCOc1ccc(Nc2nc3c(S(=O)(=O)c4ccc(C(C)C)cc4)nnn3c3ccccc23)cc1. The molecular weight excluding hydrogens is 462 g/mol. The number of benzene rings is 3. The number of sulfone groups is 1. The molecule has 5 aromatic rings. The zero-order valence-electron chi connectivity index (χ0n) is 19.6.